The Morgan fingerprint density at radius 3 is 2.55 bits per heavy atom. The van der Waals surface area contributed by atoms with Crippen molar-refractivity contribution in [1.82, 2.24) is 0 Å². The van der Waals surface area contributed by atoms with Gasteiger partial charge in [0.25, 0.3) is 0 Å². The third-order valence-corrected chi connectivity index (χ3v) is 1.96. The van der Waals surface area contributed by atoms with Crippen molar-refractivity contribution >= 4 is 6.47 Å². The Bertz CT molecular complexity index is 91.6. The van der Waals surface area contributed by atoms with Gasteiger partial charge in [0, 0.05) is 0 Å². The normalized spacial score (nSPS) is 12.5. The zero-order chi connectivity index (χ0) is 8.53. The first kappa shape index (κ1) is 10.5. The summed E-state index contributed by atoms with van der Waals surface area (Å²) in [5.74, 6) is 0.716. The van der Waals surface area contributed by atoms with Crippen LogP contribution in [0.5, 0.6) is 0 Å². The highest BCUT2D eigenvalue weighted by Crippen LogP contribution is 2.14. The highest BCUT2D eigenvalue weighted by Gasteiger charge is 2.03. The summed E-state index contributed by atoms with van der Waals surface area (Å²) >= 11 is 0. The Balaban J connectivity index is 3.27. The van der Waals surface area contributed by atoms with E-state index in [0.29, 0.717) is 12.5 Å². The van der Waals surface area contributed by atoms with Gasteiger partial charge in [0.2, 0.25) is 0 Å². The van der Waals surface area contributed by atoms with Crippen LogP contribution in [0.25, 0.3) is 0 Å². The predicted octanol–water partition coefficient (Wildman–Crippen LogP) is 2.29. The molecule has 0 saturated heterocycles. The van der Waals surface area contributed by atoms with Crippen molar-refractivity contribution in [2.45, 2.75) is 39.5 Å². The second-order valence-corrected chi connectivity index (χ2v) is 2.78. The van der Waals surface area contributed by atoms with Crippen LogP contribution in [0.3, 0.4) is 0 Å². The molecule has 2 heteroatoms. The molecule has 0 rings (SSSR count). The van der Waals surface area contributed by atoms with Crippen molar-refractivity contribution in [3.8, 4) is 0 Å². The van der Waals surface area contributed by atoms with E-state index < -0.39 is 0 Å². The van der Waals surface area contributed by atoms with Crippen molar-refractivity contribution in [2.24, 2.45) is 5.92 Å². The van der Waals surface area contributed by atoms with E-state index in [1.807, 2.05) is 0 Å². The standard InChI is InChI=1S/C9H17O2/c1-3-5-9(4-2)6-7-11-8-10/h9H,3-7H2,1-2H3. The molecular formula is C9H17O2. The van der Waals surface area contributed by atoms with Crippen LogP contribution in [0.1, 0.15) is 39.5 Å². The largest absolute Gasteiger partial charge is 0.457 e. The first-order valence-electron chi connectivity index (χ1n) is 4.34. The quantitative estimate of drug-likeness (QED) is 0.530. The summed E-state index contributed by atoms with van der Waals surface area (Å²) in [6.07, 6.45) is 4.61. The summed E-state index contributed by atoms with van der Waals surface area (Å²) in [6, 6.07) is 0. The van der Waals surface area contributed by atoms with E-state index in [2.05, 4.69) is 18.6 Å². The summed E-state index contributed by atoms with van der Waals surface area (Å²) in [5, 5.41) is 0. The maximum atomic E-state index is 9.69. The molecule has 0 aliphatic rings. The molecule has 0 aromatic heterocycles. The molecule has 0 saturated carbocycles. The maximum Gasteiger partial charge on any atom is 0.417 e. The van der Waals surface area contributed by atoms with Gasteiger partial charge in [0.15, 0.2) is 0 Å². The van der Waals surface area contributed by atoms with Crippen LogP contribution in [0, 0.1) is 5.92 Å². The third-order valence-electron chi connectivity index (χ3n) is 1.96. The van der Waals surface area contributed by atoms with Crippen molar-refractivity contribution < 1.29 is 9.53 Å². The Morgan fingerprint density at radius 1 is 1.36 bits per heavy atom. The van der Waals surface area contributed by atoms with Crippen molar-refractivity contribution in [1.29, 1.82) is 0 Å². The Kier molecular flexibility index (Phi) is 7.21. The molecule has 11 heavy (non-hydrogen) atoms. The van der Waals surface area contributed by atoms with Gasteiger partial charge in [-0.2, -0.15) is 0 Å². The van der Waals surface area contributed by atoms with E-state index in [4.69, 9.17) is 0 Å². The van der Waals surface area contributed by atoms with Crippen LogP contribution in [-0.2, 0) is 9.53 Å². The van der Waals surface area contributed by atoms with E-state index in [0.717, 1.165) is 6.42 Å². The third kappa shape index (κ3) is 5.89. The Hall–Kier alpha value is -0.530. The molecule has 2 nitrogen and oxygen atoms in total. The lowest BCUT2D eigenvalue weighted by atomic mass is 9.98. The topological polar surface area (TPSA) is 26.3 Å². The fraction of sp³-hybridized carbons (Fsp3) is 0.889. The van der Waals surface area contributed by atoms with E-state index in [1.54, 1.807) is 0 Å². The van der Waals surface area contributed by atoms with Crippen LogP contribution >= 0.6 is 0 Å². The fourth-order valence-corrected chi connectivity index (χ4v) is 1.23. The lowest BCUT2D eigenvalue weighted by molar-refractivity contribution is 0.242. The minimum atomic E-state index is 0.530. The van der Waals surface area contributed by atoms with Gasteiger partial charge in [-0.25, -0.2) is 4.79 Å². The highest BCUT2D eigenvalue weighted by molar-refractivity contribution is 5.37. The molecule has 1 atom stereocenters. The molecule has 0 fully saturated rings. The highest BCUT2D eigenvalue weighted by atomic mass is 16.5. The number of hydrogen-bond donors (Lipinski definition) is 0. The molecule has 0 aromatic carbocycles. The first-order chi connectivity index (χ1) is 5.35. The minimum absolute atomic E-state index is 0.530. The molecule has 0 aliphatic heterocycles. The summed E-state index contributed by atoms with van der Waals surface area (Å²) < 4.78 is 4.51. The van der Waals surface area contributed by atoms with Gasteiger partial charge in [0.1, 0.15) is 0 Å². The molecule has 0 N–H and O–H groups in total. The van der Waals surface area contributed by atoms with Gasteiger partial charge in [-0.3, -0.25) is 0 Å². The average Bonchev–Trinajstić information content (AvgIpc) is 2.03. The molecule has 1 radical (unpaired) electrons. The average molecular weight is 157 g/mol. The summed E-state index contributed by atoms with van der Waals surface area (Å²) in [4.78, 5) is 9.69. The zero-order valence-corrected chi connectivity index (χ0v) is 7.43. The minimum Gasteiger partial charge on any atom is -0.457 e. The second-order valence-electron chi connectivity index (χ2n) is 2.78. The van der Waals surface area contributed by atoms with E-state index in [1.165, 1.54) is 25.7 Å². The van der Waals surface area contributed by atoms with Gasteiger partial charge >= 0.3 is 6.47 Å². The molecule has 1 unspecified atom stereocenters. The van der Waals surface area contributed by atoms with Crippen molar-refractivity contribution in [2.75, 3.05) is 6.61 Å². The molecule has 65 valence electrons. The van der Waals surface area contributed by atoms with Crippen LogP contribution in [0.4, 0.5) is 0 Å². The van der Waals surface area contributed by atoms with E-state index >= 15 is 0 Å². The van der Waals surface area contributed by atoms with Crippen LogP contribution < -0.4 is 0 Å². The lowest BCUT2D eigenvalue weighted by Crippen LogP contribution is -2.03. The summed E-state index contributed by atoms with van der Waals surface area (Å²) in [6.45, 7) is 6.32. The SMILES string of the molecule is CCCC(CC)CCO[C]=O. The van der Waals surface area contributed by atoms with Crippen LogP contribution in [0.2, 0.25) is 0 Å². The zero-order valence-electron chi connectivity index (χ0n) is 7.43. The predicted molar refractivity (Wildman–Crippen MR) is 45.0 cm³/mol. The van der Waals surface area contributed by atoms with Gasteiger partial charge < -0.3 is 4.74 Å². The molecule has 0 amide bonds. The van der Waals surface area contributed by atoms with Gasteiger partial charge in [-0.1, -0.05) is 33.1 Å². The van der Waals surface area contributed by atoms with Gasteiger partial charge in [0.05, 0.1) is 6.61 Å². The van der Waals surface area contributed by atoms with Gasteiger partial charge in [-0.05, 0) is 12.3 Å². The smallest absolute Gasteiger partial charge is 0.417 e. The number of carbonyl (C=O) groups excluding carboxylic acids is 1. The number of ether oxygens (including phenoxy) is 1. The first-order valence-corrected chi connectivity index (χ1v) is 4.34. The molecule has 0 spiro atoms. The molecular weight excluding hydrogens is 140 g/mol. The van der Waals surface area contributed by atoms with Crippen LogP contribution in [-0.4, -0.2) is 13.1 Å². The number of hydrogen-bond acceptors (Lipinski definition) is 2. The molecule has 0 aliphatic carbocycles. The maximum absolute atomic E-state index is 9.69. The molecule has 0 aromatic rings. The van der Waals surface area contributed by atoms with Gasteiger partial charge in [-0.15, -0.1) is 0 Å². The van der Waals surface area contributed by atoms with E-state index in [-0.39, 0.29) is 0 Å². The van der Waals surface area contributed by atoms with E-state index in [9.17, 15) is 4.79 Å². The summed E-state index contributed by atoms with van der Waals surface area (Å²) in [5.41, 5.74) is 0. The lowest BCUT2D eigenvalue weighted by Gasteiger charge is -2.11. The van der Waals surface area contributed by atoms with Crippen molar-refractivity contribution in [3.05, 3.63) is 0 Å². The Morgan fingerprint density at radius 2 is 2.09 bits per heavy atom. The monoisotopic (exact) mass is 157 g/mol. The number of rotatable bonds is 7. The molecule has 0 heterocycles. The Labute approximate surface area is 68.9 Å². The second kappa shape index (κ2) is 7.58. The molecule has 0 bridgehead atoms. The van der Waals surface area contributed by atoms with Crippen molar-refractivity contribution in [3.63, 3.8) is 0 Å². The fourth-order valence-electron chi connectivity index (χ4n) is 1.23. The van der Waals surface area contributed by atoms with Crippen LogP contribution in [0.15, 0.2) is 0 Å². The summed E-state index contributed by atoms with van der Waals surface area (Å²) in [7, 11) is 0.